The van der Waals surface area contributed by atoms with Crippen LogP contribution in [0.15, 0.2) is 41.8 Å². The first-order valence-electron chi connectivity index (χ1n) is 8.34. The summed E-state index contributed by atoms with van der Waals surface area (Å²) < 4.78 is 0. The van der Waals surface area contributed by atoms with Gasteiger partial charge >= 0.3 is 0 Å². The molecule has 0 N–H and O–H groups in total. The van der Waals surface area contributed by atoms with E-state index < -0.39 is 0 Å². The molecule has 1 saturated heterocycles. The summed E-state index contributed by atoms with van der Waals surface area (Å²) in [5.41, 5.74) is 2.19. The summed E-state index contributed by atoms with van der Waals surface area (Å²) in [6.45, 7) is 6.34. The smallest absolute Gasteiger partial charge is 0.241 e. The number of para-hydroxylation sites is 1. The van der Waals surface area contributed by atoms with Gasteiger partial charge in [-0.2, -0.15) is 0 Å². The first-order chi connectivity index (χ1) is 11.2. The zero-order valence-corrected chi connectivity index (χ0v) is 14.7. The molecule has 1 amide bonds. The molecule has 1 aromatic carbocycles. The SMILES string of the molecule is CCN(C(=O)CN1CCCC1c1cccs1)c1ccccc1C. The Hall–Kier alpha value is -1.65. The largest absolute Gasteiger partial charge is 0.311 e. The van der Waals surface area contributed by atoms with E-state index in [-0.39, 0.29) is 5.91 Å². The molecule has 0 bridgehead atoms. The quantitative estimate of drug-likeness (QED) is 0.819. The van der Waals surface area contributed by atoms with E-state index in [4.69, 9.17) is 0 Å². The lowest BCUT2D eigenvalue weighted by atomic mass is 10.1. The molecule has 0 spiro atoms. The average molecular weight is 328 g/mol. The second-order valence-electron chi connectivity index (χ2n) is 6.07. The molecule has 3 nitrogen and oxygen atoms in total. The Kier molecular flexibility index (Phi) is 5.13. The molecule has 1 unspecified atom stereocenters. The van der Waals surface area contributed by atoms with Crippen LogP contribution in [0.5, 0.6) is 0 Å². The second-order valence-corrected chi connectivity index (χ2v) is 7.05. The topological polar surface area (TPSA) is 23.6 Å². The maximum Gasteiger partial charge on any atom is 0.241 e. The van der Waals surface area contributed by atoms with Crippen LogP contribution >= 0.6 is 11.3 Å². The van der Waals surface area contributed by atoms with E-state index in [0.29, 0.717) is 19.1 Å². The van der Waals surface area contributed by atoms with Crippen LogP contribution in [0.3, 0.4) is 0 Å². The number of aryl methyl sites for hydroxylation is 1. The van der Waals surface area contributed by atoms with Crippen molar-refractivity contribution in [1.29, 1.82) is 0 Å². The number of nitrogens with zero attached hydrogens (tertiary/aromatic N) is 2. The third-order valence-corrected chi connectivity index (χ3v) is 5.57. The number of benzene rings is 1. The fraction of sp³-hybridized carbons (Fsp3) is 0.421. The molecule has 0 radical (unpaired) electrons. The Balaban J connectivity index is 1.73. The Morgan fingerprint density at radius 1 is 1.30 bits per heavy atom. The van der Waals surface area contributed by atoms with Crippen molar-refractivity contribution in [3.05, 3.63) is 52.2 Å². The van der Waals surface area contributed by atoms with Crippen molar-refractivity contribution in [2.75, 3.05) is 24.5 Å². The van der Waals surface area contributed by atoms with E-state index >= 15 is 0 Å². The second kappa shape index (κ2) is 7.28. The molecule has 1 aliphatic rings. The zero-order chi connectivity index (χ0) is 16.2. The first kappa shape index (κ1) is 16.2. The highest BCUT2D eigenvalue weighted by Crippen LogP contribution is 2.34. The van der Waals surface area contributed by atoms with Gasteiger partial charge in [-0.1, -0.05) is 24.3 Å². The normalized spacial score (nSPS) is 18.3. The molecule has 1 aromatic heterocycles. The zero-order valence-electron chi connectivity index (χ0n) is 13.9. The van der Waals surface area contributed by atoms with Gasteiger partial charge in [0.1, 0.15) is 0 Å². The van der Waals surface area contributed by atoms with Gasteiger partial charge in [0.15, 0.2) is 0 Å². The number of carbonyl (C=O) groups is 1. The van der Waals surface area contributed by atoms with Crippen molar-refractivity contribution in [1.82, 2.24) is 4.90 Å². The number of likely N-dealkylation sites (N-methyl/N-ethyl adjacent to an activating group) is 1. The molecule has 1 aliphatic heterocycles. The van der Waals surface area contributed by atoms with Gasteiger partial charge in [-0.3, -0.25) is 9.69 Å². The van der Waals surface area contributed by atoms with Crippen molar-refractivity contribution < 1.29 is 4.79 Å². The Bertz CT molecular complexity index is 653. The maximum absolute atomic E-state index is 12.9. The molecule has 0 saturated carbocycles. The summed E-state index contributed by atoms with van der Waals surface area (Å²) in [6.07, 6.45) is 2.33. The molecule has 2 heterocycles. The molecule has 122 valence electrons. The van der Waals surface area contributed by atoms with E-state index in [1.807, 2.05) is 30.0 Å². The van der Waals surface area contributed by atoms with E-state index in [2.05, 4.69) is 35.4 Å². The van der Waals surface area contributed by atoms with Gasteiger partial charge in [-0.25, -0.2) is 0 Å². The minimum absolute atomic E-state index is 0.199. The summed E-state index contributed by atoms with van der Waals surface area (Å²) in [6, 6.07) is 12.8. The Labute approximate surface area is 142 Å². The number of hydrogen-bond donors (Lipinski definition) is 0. The maximum atomic E-state index is 12.9. The molecule has 23 heavy (non-hydrogen) atoms. The van der Waals surface area contributed by atoms with Crippen molar-refractivity contribution in [3.8, 4) is 0 Å². The lowest BCUT2D eigenvalue weighted by Crippen LogP contribution is -2.40. The monoisotopic (exact) mass is 328 g/mol. The molecule has 4 heteroatoms. The molecule has 3 rings (SSSR count). The summed E-state index contributed by atoms with van der Waals surface area (Å²) >= 11 is 1.80. The third-order valence-electron chi connectivity index (χ3n) is 4.60. The summed E-state index contributed by atoms with van der Waals surface area (Å²) in [5.74, 6) is 0.199. The minimum atomic E-state index is 0.199. The molecular weight excluding hydrogens is 304 g/mol. The lowest BCUT2D eigenvalue weighted by molar-refractivity contribution is -0.119. The summed E-state index contributed by atoms with van der Waals surface area (Å²) in [7, 11) is 0. The predicted molar refractivity (Wildman–Crippen MR) is 97.1 cm³/mol. The number of likely N-dealkylation sites (tertiary alicyclic amines) is 1. The van der Waals surface area contributed by atoms with Crippen molar-refractivity contribution >= 4 is 22.9 Å². The highest BCUT2D eigenvalue weighted by atomic mass is 32.1. The van der Waals surface area contributed by atoms with E-state index in [1.165, 1.54) is 11.3 Å². The van der Waals surface area contributed by atoms with Gasteiger partial charge in [0.25, 0.3) is 0 Å². The fourth-order valence-corrected chi connectivity index (χ4v) is 4.32. The van der Waals surface area contributed by atoms with E-state index in [1.54, 1.807) is 11.3 Å². The van der Waals surface area contributed by atoms with Gasteiger partial charge in [0.2, 0.25) is 5.91 Å². The number of carbonyl (C=O) groups excluding carboxylic acids is 1. The van der Waals surface area contributed by atoms with Crippen molar-refractivity contribution in [2.24, 2.45) is 0 Å². The highest BCUT2D eigenvalue weighted by molar-refractivity contribution is 7.10. The van der Waals surface area contributed by atoms with Crippen LogP contribution < -0.4 is 4.90 Å². The van der Waals surface area contributed by atoms with Crippen molar-refractivity contribution in [2.45, 2.75) is 32.7 Å². The molecule has 1 atom stereocenters. The molecule has 2 aromatic rings. The summed E-state index contributed by atoms with van der Waals surface area (Å²) in [4.78, 5) is 18.5. The Morgan fingerprint density at radius 3 is 2.83 bits per heavy atom. The van der Waals surface area contributed by atoms with Gasteiger partial charge in [0.05, 0.1) is 6.54 Å². The predicted octanol–water partition coefficient (Wildman–Crippen LogP) is 4.25. The highest BCUT2D eigenvalue weighted by Gasteiger charge is 2.29. The van der Waals surface area contributed by atoms with E-state index in [0.717, 1.165) is 24.2 Å². The van der Waals surface area contributed by atoms with Gasteiger partial charge in [-0.05, 0) is 56.3 Å². The van der Waals surface area contributed by atoms with Crippen LogP contribution in [0.1, 0.15) is 36.2 Å². The van der Waals surface area contributed by atoms with Crippen LogP contribution in [-0.4, -0.2) is 30.4 Å². The number of amides is 1. The van der Waals surface area contributed by atoms with Crippen LogP contribution in [0, 0.1) is 6.92 Å². The van der Waals surface area contributed by atoms with E-state index in [9.17, 15) is 4.79 Å². The van der Waals surface area contributed by atoms with Gasteiger partial charge in [0, 0.05) is 23.2 Å². The molecular formula is C19H24N2OS. The van der Waals surface area contributed by atoms with Crippen LogP contribution in [-0.2, 0) is 4.79 Å². The van der Waals surface area contributed by atoms with Crippen LogP contribution in [0.25, 0.3) is 0 Å². The number of thiophene rings is 1. The van der Waals surface area contributed by atoms with Crippen molar-refractivity contribution in [3.63, 3.8) is 0 Å². The third kappa shape index (κ3) is 3.48. The fourth-order valence-electron chi connectivity index (χ4n) is 3.42. The average Bonchev–Trinajstić information content (AvgIpc) is 3.20. The lowest BCUT2D eigenvalue weighted by Gasteiger charge is -2.28. The minimum Gasteiger partial charge on any atom is -0.311 e. The number of hydrogen-bond acceptors (Lipinski definition) is 3. The van der Waals surface area contributed by atoms with Crippen LogP contribution in [0.2, 0.25) is 0 Å². The Morgan fingerprint density at radius 2 is 2.13 bits per heavy atom. The molecule has 1 fully saturated rings. The number of rotatable bonds is 5. The number of anilines is 1. The van der Waals surface area contributed by atoms with Crippen LogP contribution in [0.4, 0.5) is 5.69 Å². The first-order valence-corrected chi connectivity index (χ1v) is 9.22. The van der Waals surface area contributed by atoms with Gasteiger partial charge in [-0.15, -0.1) is 11.3 Å². The summed E-state index contributed by atoms with van der Waals surface area (Å²) in [5, 5.41) is 2.12. The van der Waals surface area contributed by atoms with Gasteiger partial charge < -0.3 is 4.90 Å². The molecule has 0 aliphatic carbocycles. The standard InChI is InChI=1S/C19H24N2OS/c1-3-21(16-9-5-4-8-15(16)2)19(22)14-20-12-6-10-17(20)18-11-7-13-23-18/h4-5,7-9,11,13,17H,3,6,10,12,14H2,1-2H3.